The molecule has 1 aliphatic rings. The minimum atomic E-state index is -0.770. The van der Waals surface area contributed by atoms with Gasteiger partial charge in [-0.3, -0.25) is 0 Å². The van der Waals surface area contributed by atoms with Crippen LogP contribution >= 0.6 is 0 Å². The van der Waals surface area contributed by atoms with E-state index in [1.807, 2.05) is 0 Å². The molecule has 82 valence electrons. The largest absolute Gasteiger partial charge is 0.386 e. The van der Waals surface area contributed by atoms with Crippen molar-refractivity contribution in [1.29, 1.82) is 0 Å². The molecule has 3 nitrogen and oxygen atoms in total. The molecule has 0 radical (unpaired) electrons. The third kappa shape index (κ3) is 2.53. The molecule has 2 atom stereocenters. The lowest BCUT2D eigenvalue weighted by Crippen LogP contribution is -2.41. The molecule has 0 bridgehead atoms. The zero-order valence-corrected chi connectivity index (χ0v) is 8.32. The van der Waals surface area contributed by atoms with E-state index in [0.717, 1.165) is 6.54 Å². The predicted octanol–water partition coefficient (Wildman–Crippen LogP) is 0.847. The third-order valence-corrected chi connectivity index (χ3v) is 2.50. The lowest BCUT2D eigenvalue weighted by atomic mass is 10.0. The fourth-order valence-electron chi connectivity index (χ4n) is 1.69. The molecule has 15 heavy (non-hydrogen) atoms. The number of nitrogens with one attached hydrogen (secondary N) is 1. The second kappa shape index (κ2) is 4.70. The molecule has 1 saturated heterocycles. The van der Waals surface area contributed by atoms with E-state index in [1.165, 1.54) is 12.1 Å². The number of hydrogen-bond donors (Lipinski definition) is 2. The fourth-order valence-corrected chi connectivity index (χ4v) is 1.69. The second-order valence-corrected chi connectivity index (χ2v) is 3.61. The minimum absolute atomic E-state index is 0.291. The zero-order chi connectivity index (χ0) is 10.7. The normalized spacial score (nSPS) is 23.7. The van der Waals surface area contributed by atoms with Crippen molar-refractivity contribution in [2.75, 3.05) is 19.7 Å². The molecule has 0 aromatic heterocycles. The van der Waals surface area contributed by atoms with Gasteiger partial charge in [-0.05, 0) is 17.7 Å². The fraction of sp³-hybridized carbons (Fsp3) is 0.455. The molecule has 2 unspecified atom stereocenters. The molecule has 1 aromatic carbocycles. The molecule has 0 saturated carbocycles. The summed E-state index contributed by atoms with van der Waals surface area (Å²) >= 11 is 0. The Balaban J connectivity index is 2.08. The Morgan fingerprint density at radius 2 is 2.40 bits per heavy atom. The van der Waals surface area contributed by atoms with Crippen LogP contribution in [0.15, 0.2) is 24.3 Å². The molecule has 1 fully saturated rings. The van der Waals surface area contributed by atoms with Gasteiger partial charge in [-0.2, -0.15) is 0 Å². The first-order chi connectivity index (χ1) is 7.27. The van der Waals surface area contributed by atoms with Crippen LogP contribution < -0.4 is 5.32 Å². The number of aliphatic hydroxyl groups excluding tert-OH is 1. The average molecular weight is 211 g/mol. The van der Waals surface area contributed by atoms with E-state index in [0.29, 0.717) is 18.7 Å². The SMILES string of the molecule is OC(c1cccc(F)c1)C1CNCCO1. The highest BCUT2D eigenvalue weighted by Crippen LogP contribution is 2.20. The Bertz CT molecular complexity index is 326. The second-order valence-electron chi connectivity index (χ2n) is 3.61. The first-order valence-corrected chi connectivity index (χ1v) is 5.03. The Labute approximate surface area is 87.9 Å². The van der Waals surface area contributed by atoms with E-state index in [-0.39, 0.29) is 11.9 Å². The zero-order valence-electron chi connectivity index (χ0n) is 8.32. The van der Waals surface area contributed by atoms with Crippen molar-refractivity contribution in [1.82, 2.24) is 5.32 Å². The molecule has 0 aliphatic carbocycles. The molecular formula is C11H14FNO2. The summed E-state index contributed by atoms with van der Waals surface area (Å²) in [4.78, 5) is 0. The van der Waals surface area contributed by atoms with E-state index in [1.54, 1.807) is 12.1 Å². The number of rotatable bonds is 2. The number of morpholine rings is 1. The average Bonchev–Trinajstić information content (AvgIpc) is 2.29. The maximum absolute atomic E-state index is 12.9. The van der Waals surface area contributed by atoms with Crippen LogP contribution in [0.3, 0.4) is 0 Å². The first-order valence-electron chi connectivity index (χ1n) is 5.03. The maximum Gasteiger partial charge on any atom is 0.123 e. The van der Waals surface area contributed by atoms with Gasteiger partial charge in [-0.15, -0.1) is 0 Å². The number of hydrogen-bond acceptors (Lipinski definition) is 3. The topological polar surface area (TPSA) is 41.5 Å². The predicted molar refractivity (Wildman–Crippen MR) is 54.0 cm³/mol. The summed E-state index contributed by atoms with van der Waals surface area (Å²) in [5, 5.41) is 13.1. The van der Waals surface area contributed by atoms with Gasteiger partial charge in [0.2, 0.25) is 0 Å². The first kappa shape index (κ1) is 10.5. The highest BCUT2D eigenvalue weighted by Gasteiger charge is 2.23. The van der Waals surface area contributed by atoms with Gasteiger partial charge in [0, 0.05) is 13.1 Å². The van der Waals surface area contributed by atoms with Gasteiger partial charge in [0.25, 0.3) is 0 Å². The van der Waals surface area contributed by atoms with Gasteiger partial charge in [-0.25, -0.2) is 4.39 Å². The van der Waals surface area contributed by atoms with Crippen LogP contribution in [0, 0.1) is 5.82 Å². The maximum atomic E-state index is 12.9. The van der Waals surface area contributed by atoms with Crippen molar-refractivity contribution in [3.8, 4) is 0 Å². The molecule has 2 N–H and O–H groups in total. The van der Waals surface area contributed by atoms with Crippen molar-refractivity contribution in [3.05, 3.63) is 35.6 Å². The Hall–Kier alpha value is -0.970. The number of ether oxygens (including phenoxy) is 1. The summed E-state index contributed by atoms with van der Waals surface area (Å²) in [6.45, 7) is 1.97. The lowest BCUT2D eigenvalue weighted by Gasteiger charge is -2.28. The highest BCUT2D eigenvalue weighted by molar-refractivity contribution is 5.19. The van der Waals surface area contributed by atoms with E-state index in [4.69, 9.17) is 4.74 Å². The van der Waals surface area contributed by atoms with Crippen molar-refractivity contribution >= 4 is 0 Å². The smallest absolute Gasteiger partial charge is 0.123 e. The van der Waals surface area contributed by atoms with Crippen molar-refractivity contribution in [3.63, 3.8) is 0 Å². The van der Waals surface area contributed by atoms with Crippen LogP contribution in [-0.2, 0) is 4.74 Å². The van der Waals surface area contributed by atoms with Crippen LogP contribution in [0.1, 0.15) is 11.7 Å². The molecule has 4 heteroatoms. The molecule has 1 aliphatic heterocycles. The van der Waals surface area contributed by atoms with Crippen LogP contribution in [0.2, 0.25) is 0 Å². The lowest BCUT2D eigenvalue weighted by molar-refractivity contribution is -0.0537. The summed E-state index contributed by atoms with van der Waals surface area (Å²) in [5.74, 6) is -0.338. The summed E-state index contributed by atoms with van der Waals surface area (Å²) < 4.78 is 18.3. The summed E-state index contributed by atoms with van der Waals surface area (Å²) in [5.41, 5.74) is 0.559. The molecule has 1 heterocycles. The Morgan fingerprint density at radius 1 is 1.53 bits per heavy atom. The van der Waals surface area contributed by atoms with Crippen LogP contribution in [0.5, 0.6) is 0 Å². The van der Waals surface area contributed by atoms with Crippen LogP contribution in [0.4, 0.5) is 4.39 Å². The monoisotopic (exact) mass is 211 g/mol. The molecule has 0 spiro atoms. The quantitative estimate of drug-likeness (QED) is 0.762. The standard InChI is InChI=1S/C11H14FNO2/c12-9-3-1-2-8(6-9)11(14)10-7-13-4-5-15-10/h1-3,6,10-11,13-14H,4-5,7H2. The highest BCUT2D eigenvalue weighted by atomic mass is 19.1. The molecule has 1 aromatic rings. The number of aliphatic hydroxyl groups is 1. The van der Waals surface area contributed by atoms with Gasteiger partial charge < -0.3 is 15.2 Å². The van der Waals surface area contributed by atoms with Gasteiger partial charge in [0.1, 0.15) is 11.9 Å². The van der Waals surface area contributed by atoms with E-state index in [2.05, 4.69) is 5.32 Å². The van der Waals surface area contributed by atoms with E-state index >= 15 is 0 Å². The van der Waals surface area contributed by atoms with E-state index < -0.39 is 6.10 Å². The Kier molecular flexibility index (Phi) is 3.30. The molecule has 2 rings (SSSR count). The molecule has 0 amide bonds. The van der Waals surface area contributed by atoms with Gasteiger partial charge >= 0.3 is 0 Å². The van der Waals surface area contributed by atoms with Gasteiger partial charge in [0.15, 0.2) is 0 Å². The van der Waals surface area contributed by atoms with E-state index in [9.17, 15) is 9.50 Å². The van der Waals surface area contributed by atoms with Crippen LogP contribution in [-0.4, -0.2) is 30.9 Å². The van der Waals surface area contributed by atoms with Gasteiger partial charge in [-0.1, -0.05) is 12.1 Å². The van der Waals surface area contributed by atoms with Gasteiger partial charge in [0.05, 0.1) is 12.7 Å². The molecular weight excluding hydrogens is 197 g/mol. The summed E-state index contributed by atoms with van der Waals surface area (Å²) in [7, 11) is 0. The number of halogens is 1. The number of benzene rings is 1. The van der Waals surface area contributed by atoms with Crippen molar-refractivity contribution < 1.29 is 14.2 Å². The summed E-state index contributed by atoms with van der Waals surface area (Å²) in [6, 6.07) is 5.98. The minimum Gasteiger partial charge on any atom is -0.386 e. The van der Waals surface area contributed by atoms with Crippen molar-refractivity contribution in [2.24, 2.45) is 0 Å². The van der Waals surface area contributed by atoms with Crippen molar-refractivity contribution in [2.45, 2.75) is 12.2 Å². The van der Waals surface area contributed by atoms with Crippen LogP contribution in [0.25, 0.3) is 0 Å². The summed E-state index contributed by atoms with van der Waals surface area (Å²) in [6.07, 6.45) is -1.06. The third-order valence-electron chi connectivity index (χ3n) is 2.50. The Morgan fingerprint density at radius 3 is 3.07 bits per heavy atom.